The van der Waals surface area contributed by atoms with Crippen molar-refractivity contribution in [2.45, 2.75) is 19.4 Å². The first-order chi connectivity index (χ1) is 7.18. The van der Waals surface area contributed by atoms with Crippen LogP contribution in [-0.2, 0) is 6.42 Å². The lowest BCUT2D eigenvalue weighted by molar-refractivity contribution is 0.477. The quantitative estimate of drug-likeness (QED) is 0.706. The van der Waals surface area contributed by atoms with Gasteiger partial charge in [0.25, 0.3) is 5.56 Å². The highest BCUT2D eigenvalue weighted by Gasteiger charge is 2.22. The fraction of sp³-hybridized carbons (Fsp3) is 0.250. The van der Waals surface area contributed by atoms with E-state index in [0.29, 0.717) is 0 Å². The van der Waals surface area contributed by atoms with Crippen molar-refractivity contribution in [3.63, 3.8) is 0 Å². The second-order valence-corrected chi connectivity index (χ2v) is 4.10. The van der Waals surface area contributed by atoms with Crippen molar-refractivity contribution >= 4 is 10.9 Å². The van der Waals surface area contributed by atoms with Gasteiger partial charge in [-0.15, -0.1) is 0 Å². The molecule has 2 aromatic rings. The van der Waals surface area contributed by atoms with E-state index in [2.05, 4.69) is 0 Å². The molecule has 0 amide bonds. The average molecular weight is 201 g/mol. The molecule has 3 rings (SSSR count). The first kappa shape index (κ1) is 8.53. The van der Waals surface area contributed by atoms with E-state index in [1.165, 1.54) is 6.07 Å². The van der Waals surface area contributed by atoms with Crippen molar-refractivity contribution in [2.75, 3.05) is 0 Å². The van der Waals surface area contributed by atoms with Gasteiger partial charge in [-0.1, -0.05) is 12.1 Å². The summed E-state index contributed by atoms with van der Waals surface area (Å²) in [6, 6.07) is 7.28. The first-order valence-electron chi connectivity index (χ1n) is 5.04. The fourth-order valence-electron chi connectivity index (χ4n) is 2.47. The molecule has 1 atom stereocenters. The Balaban J connectivity index is 2.61. The number of aromatic hydroxyl groups is 1. The lowest BCUT2D eigenvalue weighted by atomic mass is 10.1. The van der Waals surface area contributed by atoms with Gasteiger partial charge in [0.15, 0.2) is 0 Å². The van der Waals surface area contributed by atoms with Crippen LogP contribution in [0.1, 0.15) is 18.5 Å². The van der Waals surface area contributed by atoms with Gasteiger partial charge in [-0.25, -0.2) is 0 Å². The van der Waals surface area contributed by atoms with Crippen LogP contribution in [0.15, 0.2) is 29.1 Å². The summed E-state index contributed by atoms with van der Waals surface area (Å²) < 4.78 is 1.77. The molecule has 0 saturated heterocycles. The topological polar surface area (TPSA) is 42.2 Å². The van der Waals surface area contributed by atoms with Crippen LogP contribution in [0.4, 0.5) is 0 Å². The molecule has 0 radical (unpaired) electrons. The molecule has 3 nitrogen and oxygen atoms in total. The predicted octanol–water partition coefficient (Wildman–Crippen LogP) is 1.82. The van der Waals surface area contributed by atoms with Crippen LogP contribution in [0, 0.1) is 0 Å². The molecule has 1 aromatic carbocycles. The van der Waals surface area contributed by atoms with Gasteiger partial charge in [0.2, 0.25) is 0 Å². The highest BCUT2D eigenvalue weighted by molar-refractivity contribution is 5.88. The molecule has 1 aliphatic rings. The van der Waals surface area contributed by atoms with Crippen LogP contribution in [0.5, 0.6) is 5.75 Å². The third kappa shape index (κ3) is 0.975. The molecule has 2 heterocycles. The summed E-state index contributed by atoms with van der Waals surface area (Å²) in [6.07, 6.45) is 0.871. The monoisotopic (exact) mass is 201 g/mol. The normalized spacial score (nSPS) is 18.6. The third-order valence-corrected chi connectivity index (χ3v) is 3.09. The number of nitrogens with zero attached hydrogens (tertiary/aromatic N) is 1. The number of hydrogen-bond donors (Lipinski definition) is 1. The maximum Gasteiger partial charge on any atom is 0.255 e. The molecular weight excluding hydrogens is 190 g/mol. The number of rotatable bonds is 0. The minimum atomic E-state index is -0.113. The zero-order chi connectivity index (χ0) is 10.6. The second kappa shape index (κ2) is 2.63. The molecule has 1 N–H and O–H groups in total. The van der Waals surface area contributed by atoms with Gasteiger partial charge in [0.05, 0.1) is 5.52 Å². The number of hydrogen-bond acceptors (Lipinski definition) is 2. The van der Waals surface area contributed by atoms with Gasteiger partial charge in [-0.3, -0.25) is 4.79 Å². The van der Waals surface area contributed by atoms with E-state index in [1.54, 1.807) is 4.57 Å². The largest absolute Gasteiger partial charge is 0.507 e. The maximum atomic E-state index is 11.7. The first-order valence-corrected chi connectivity index (χ1v) is 5.04. The minimum absolute atomic E-state index is 0.0854. The number of pyridine rings is 1. The summed E-state index contributed by atoms with van der Waals surface area (Å²) in [7, 11) is 0. The smallest absolute Gasteiger partial charge is 0.255 e. The standard InChI is InChI=1S/C12H11NO2/c1-7-5-8-3-2-4-9-10(14)6-11(15)13(7)12(8)9/h2-4,6-7,14H,5H2,1H3/t7-/m0/s1. The Bertz CT molecular complexity index is 613. The minimum Gasteiger partial charge on any atom is -0.507 e. The van der Waals surface area contributed by atoms with Gasteiger partial charge in [0.1, 0.15) is 5.75 Å². The summed E-state index contributed by atoms with van der Waals surface area (Å²) in [4.78, 5) is 11.7. The van der Waals surface area contributed by atoms with Crippen LogP contribution in [0.3, 0.4) is 0 Å². The van der Waals surface area contributed by atoms with E-state index >= 15 is 0 Å². The molecule has 1 aliphatic heterocycles. The molecule has 76 valence electrons. The van der Waals surface area contributed by atoms with Crippen molar-refractivity contribution in [2.24, 2.45) is 0 Å². The Kier molecular flexibility index (Phi) is 1.49. The van der Waals surface area contributed by atoms with E-state index in [1.807, 2.05) is 25.1 Å². The summed E-state index contributed by atoms with van der Waals surface area (Å²) in [5.74, 6) is 0.0854. The Labute approximate surface area is 86.6 Å². The van der Waals surface area contributed by atoms with Crippen LogP contribution >= 0.6 is 0 Å². The summed E-state index contributed by atoms with van der Waals surface area (Å²) in [6.45, 7) is 2.03. The molecule has 15 heavy (non-hydrogen) atoms. The van der Waals surface area contributed by atoms with Crippen molar-refractivity contribution < 1.29 is 5.11 Å². The third-order valence-electron chi connectivity index (χ3n) is 3.09. The zero-order valence-electron chi connectivity index (χ0n) is 8.40. The molecule has 0 spiro atoms. The van der Waals surface area contributed by atoms with Crippen molar-refractivity contribution in [3.8, 4) is 5.75 Å². The van der Waals surface area contributed by atoms with Gasteiger partial charge in [-0.05, 0) is 25.0 Å². The van der Waals surface area contributed by atoms with Gasteiger partial charge in [-0.2, -0.15) is 0 Å². The molecule has 0 fully saturated rings. The Hall–Kier alpha value is -1.77. The molecular formula is C12H11NO2. The summed E-state index contributed by atoms with van der Waals surface area (Å²) >= 11 is 0. The Morgan fingerprint density at radius 1 is 1.47 bits per heavy atom. The van der Waals surface area contributed by atoms with Crippen LogP contribution in [0.25, 0.3) is 10.9 Å². The Morgan fingerprint density at radius 3 is 3.07 bits per heavy atom. The van der Waals surface area contributed by atoms with Crippen LogP contribution in [0.2, 0.25) is 0 Å². The van der Waals surface area contributed by atoms with Gasteiger partial charge >= 0.3 is 0 Å². The number of aromatic nitrogens is 1. The molecule has 0 aliphatic carbocycles. The highest BCUT2D eigenvalue weighted by atomic mass is 16.3. The zero-order valence-corrected chi connectivity index (χ0v) is 8.40. The molecule has 1 aromatic heterocycles. The van der Waals surface area contributed by atoms with E-state index < -0.39 is 0 Å². The van der Waals surface area contributed by atoms with Crippen LogP contribution < -0.4 is 5.56 Å². The molecule has 0 saturated carbocycles. The Morgan fingerprint density at radius 2 is 2.27 bits per heavy atom. The van der Waals surface area contributed by atoms with Crippen LogP contribution in [-0.4, -0.2) is 9.67 Å². The van der Waals surface area contributed by atoms with Gasteiger partial charge in [0, 0.05) is 17.5 Å². The van der Waals surface area contributed by atoms with Crippen molar-refractivity contribution in [1.82, 2.24) is 4.57 Å². The number of benzene rings is 1. The number of para-hydroxylation sites is 1. The second-order valence-electron chi connectivity index (χ2n) is 4.10. The van der Waals surface area contributed by atoms with E-state index in [9.17, 15) is 9.90 Å². The van der Waals surface area contributed by atoms with Crippen molar-refractivity contribution in [3.05, 3.63) is 40.2 Å². The summed E-state index contributed by atoms with van der Waals surface area (Å²) in [5.41, 5.74) is 1.93. The SMILES string of the molecule is C[C@H]1Cc2cccc3c(O)cc(=O)n1c23. The van der Waals surface area contributed by atoms with Crippen molar-refractivity contribution in [1.29, 1.82) is 0 Å². The van der Waals surface area contributed by atoms with E-state index in [0.717, 1.165) is 22.9 Å². The predicted molar refractivity (Wildman–Crippen MR) is 58.3 cm³/mol. The lowest BCUT2D eigenvalue weighted by Crippen LogP contribution is -2.19. The summed E-state index contributed by atoms with van der Waals surface area (Å²) in [5, 5.41) is 10.5. The molecule has 3 heteroatoms. The average Bonchev–Trinajstić information content (AvgIpc) is 2.51. The molecule has 0 bridgehead atoms. The van der Waals surface area contributed by atoms with E-state index in [4.69, 9.17) is 0 Å². The fourth-order valence-corrected chi connectivity index (χ4v) is 2.47. The maximum absolute atomic E-state index is 11.7. The highest BCUT2D eigenvalue weighted by Crippen LogP contribution is 2.33. The van der Waals surface area contributed by atoms with Gasteiger partial charge < -0.3 is 9.67 Å². The molecule has 0 unspecified atom stereocenters. The lowest BCUT2D eigenvalue weighted by Gasteiger charge is -2.08. The van der Waals surface area contributed by atoms with E-state index in [-0.39, 0.29) is 17.4 Å².